The molecule has 1 aromatic carbocycles. The van der Waals surface area contributed by atoms with Gasteiger partial charge in [0.05, 0.1) is 61.3 Å². The minimum absolute atomic E-state index is 0.0126. The van der Waals surface area contributed by atoms with E-state index in [1.165, 1.54) is 6.33 Å². The maximum atomic E-state index is 12.5. The van der Waals surface area contributed by atoms with Crippen molar-refractivity contribution in [3.05, 3.63) is 66.8 Å². The molecule has 1 aliphatic rings. The highest BCUT2D eigenvalue weighted by Crippen LogP contribution is 2.30. The molecule has 3 N–H and O–H groups in total. The minimum Gasteiger partial charge on any atom is -0.448 e. The number of nitrogens with zero attached hydrogens (tertiary/aromatic N) is 7. The number of ether oxygens (including phenoxy) is 2. The number of carbonyl (C=O) groups excluding carboxylic acids is 1. The molecule has 13 nitrogen and oxygen atoms in total. The summed E-state index contributed by atoms with van der Waals surface area (Å²) in [6.45, 7) is 4.70. The van der Waals surface area contributed by atoms with E-state index in [-0.39, 0.29) is 12.6 Å². The zero-order valence-electron chi connectivity index (χ0n) is 21.4. The van der Waals surface area contributed by atoms with Gasteiger partial charge in [-0.15, -0.1) is 0 Å². The predicted molar refractivity (Wildman–Crippen MR) is 144 cm³/mol. The Kier molecular flexibility index (Phi) is 6.97. The zero-order valence-corrected chi connectivity index (χ0v) is 21.4. The Labute approximate surface area is 223 Å². The Balaban J connectivity index is 1.20. The molecular formula is C26H28N10O3. The molecule has 0 radical (unpaired) electrons. The molecule has 6 rings (SSSR count). The van der Waals surface area contributed by atoms with Crippen LogP contribution >= 0.6 is 0 Å². The number of morpholine rings is 1. The number of aromatic nitrogens is 7. The lowest BCUT2D eigenvalue weighted by molar-refractivity contribution is 0.0494. The van der Waals surface area contributed by atoms with Crippen molar-refractivity contribution in [1.82, 2.24) is 39.7 Å². The molecule has 5 aromatic rings. The maximum Gasteiger partial charge on any atom is 0.411 e. The van der Waals surface area contributed by atoms with Crippen LogP contribution in [0.4, 0.5) is 22.0 Å². The summed E-state index contributed by atoms with van der Waals surface area (Å²) in [4.78, 5) is 25.5. The molecule has 200 valence electrons. The first-order valence-corrected chi connectivity index (χ1v) is 12.8. The van der Waals surface area contributed by atoms with Gasteiger partial charge in [-0.25, -0.2) is 14.3 Å². The van der Waals surface area contributed by atoms with E-state index in [1.807, 2.05) is 36.0 Å². The highest BCUT2D eigenvalue weighted by molar-refractivity contribution is 5.91. The van der Waals surface area contributed by atoms with Crippen LogP contribution in [0.15, 0.2) is 55.5 Å². The van der Waals surface area contributed by atoms with E-state index in [4.69, 9.17) is 9.47 Å². The molecule has 0 spiro atoms. The minimum atomic E-state index is -0.528. The summed E-state index contributed by atoms with van der Waals surface area (Å²) in [7, 11) is 0. The molecule has 1 atom stereocenters. The Morgan fingerprint density at radius 1 is 1.23 bits per heavy atom. The van der Waals surface area contributed by atoms with Crippen molar-refractivity contribution in [1.29, 1.82) is 0 Å². The molecule has 0 bridgehead atoms. The van der Waals surface area contributed by atoms with E-state index in [2.05, 4.69) is 41.1 Å². The summed E-state index contributed by atoms with van der Waals surface area (Å²) in [6.07, 6.45) is 10.2. The van der Waals surface area contributed by atoms with Crippen LogP contribution in [0.2, 0.25) is 0 Å². The molecule has 5 heterocycles. The monoisotopic (exact) mass is 528 g/mol. The van der Waals surface area contributed by atoms with E-state index in [0.29, 0.717) is 37.7 Å². The zero-order chi connectivity index (χ0) is 26.6. The van der Waals surface area contributed by atoms with Crippen molar-refractivity contribution in [3.8, 4) is 0 Å². The number of amides is 1. The molecule has 1 saturated heterocycles. The van der Waals surface area contributed by atoms with Crippen molar-refractivity contribution >= 4 is 39.7 Å². The molecular weight excluding hydrogens is 500 g/mol. The predicted octanol–water partition coefficient (Wildman–Crippen LogP) is 2.76. The fraction of sp³-hybridized carbons (Fsp3) is 0.308. The normalized spacial score (nSPS) is 15.5. The summed E-state index contributed by atoms with van der Waals surface area (Å²) in [5, 5.41) is 19.4. The SMILES string of the molecule is CCc1c(NC(=O)OC[C@@H]2COCCN2)cn2ncnc(Nc3ccc4c(cnn4Cc4cnccn4)c3)c12. The van der Waals surface area contributed by atoms with Crippen molar-refractivity contribution < 1.29 is 14.3 Å². The first kappa shape index (κ1) is 24.7. The van der Waals surface area contributed by atoms with Crippen LogP contribution in [0.25, 0.3) is 16.4 Å². The van der Waals surface area contributed by atoms with Crippen LogP contribution in [0.5, 0.6) is 0 Å². The Morgan fingerprint density at radius 3 is 3.00 bits per heavy atom. The number of aryl methyl sites for hydroxylation is 1. The van der Waals surface area contributed by atoms with Gasteiger partial charge >= 0.3 is 6.09 Å². The molecule has 1 fully saturated rings. The molecule has 4 aromatic heterocycles. The van der Waals surface area contributed by atoms with Crippen molar-refractivity contribution in [3.63, 3.8) is 0 Å². The number of fused-ring (bicyclic) bond motifs is 2. The number of hydrogen-bond acceptors (Lipinski definition) is 10. The largest absolute Gasteiger partial charge is 0.448 e. The molecule has 0 unspecified atom stereocenters. The lowest BCUT2D eigenvalue weighted by Crippen LogP contribution is -2.44. The van der Waals surface area contributed by atoms with Crippen molar-refractivity contribution in [2.45, 2.75) is 25.9 Å². The third kappa shape index (κ3) is 5.35. The smallest absolute Gasteiger partial charge is 0.411 e. The van der Waals surface area contributed by atoms with E-state index in [9.17, 15) is 4.79 Å². The molecule has 13 heteroatoms. The highest BCUT2D eigenvalue weighted by Gasteiger charge is 2.19. The Bertz CT molecular complexity index is 1590. The number of rotatable bonds is 8. The van der Waals surface area contributed by atoms with Crippen LogP contribution in [-0.4, -0.2) is 72.8 Å². The van der Waals surface area contributed by atoms with Crippen LogP contribution in [0.1, 0.15) is 18.2 Å². The van der Waals surface area contributed by atoms with E-state index in [1.54, 1.807) is 29.3 Å². The maximum absolute atomic E-state index is 12.5. The molecule has 0 aliphatic carbocycles. The van der Waals surface area contributed by atoms with Gasteiger partial charge in [0.15, 0.2) is 5.82 Å². The van der Waals surface area contributed by atoms with Gasteiger partial charge < -0.3 is 20.1 Å². The second kappa shape index (κ2) is 11.0. The van der Waals surface area contributed by atoms with Crippen LogP contribution in [0, 0.1) is 0 Å². The number of anilines is 3. The third-order valence-corrected chi connectivity index (χ3v) is 6.52. The van der Waals surface area contributed by atoms with Gasteiger partial charge in [0.2, 0.25) is 0 Å². The molecule has 0 saturated carbocycles. The number of hydrogen-bond donors (Lipinski definition) is 3. The van der Waals surface area contributed by atoms with Crippen molar-refractivity contribution in [2.24, 2.45) is 0 Å². The van der Waals surface area contributed by atoms with Gasteiger partial charge in [0, 0.05) is 35.6 Å². The average molecular weight is 529 g/mol. The fourth-order valence-corrected chi connectivity index (χ4v) is 4.67. The highest BCUT2D eigenvalue weighted by atomic mass is 16.6. The summed E-state index contributed by atoms with van der Waals surface area (Å²) >= 11 is 0. The van der Waals surface area contributed by atoms with Gasteiger partial charge in [-0.05, 0) is 24.6 Å². The number of benzene rings is 1. The van der Waals surface area contributed by atoms with E-state index >= 15 is 0 Å². The molecule has 39 heavy (non-hydrogen) atoms. The second-order valence-electron chi connectivity index (χ2n) is 9.12. The van der Waals surface area contributed by atoms with Gasteiger partial charge in [-0.1, -0.05) is 6.92 Å². The molecule has 1 amide bonds. The van der Waals surface area contributed by atoms with Crippen molar-refractivity contribution in [2.75, 3.05) is 37.0 Å². The van der Waals surface area contributed by atoms with Crippen LogP contribution in [-0.2, 0) is 22.4 Å². The fourth-order valence-electron chi connectivity index (χ4n) is 4.67. The topological polar surface area (TPSA) is 145 Å². The van der Waals surface area contributed by atoms with Gasteiger partial charge in [0.25, 0.3) is 0 Å². The summed E-state index contributed by atoms with van der Waals surface area (Å²) < 4.78 is 14.4. The summed E-state index contributed by atoms with van der Waals surface area (Å²) in [5.74, 6) is 0.623. The lowest BCUT2D eigenvalue weighted by Gasteiger charge is -2.23. The molecule has 1 aliphatic heterocycles. The average Bonchev–Trinajstić information content (AvgIpc) is 3.53. The van der Waals surface area contributed by atoms with E-state index < -0.39 is 6.09 Å². The second-order valence-corrected chi connectivity index (χ2v) is 9.12. The third-order valence-electron chi connectivity index (χ3n) is 6.52. The quantitative estimate of drug-likeness (QED) is 0.275. The first-order chi connectivity index (χ1) is 19.2. The summed E-state index contributed by atoms with van der Waals surface area (Å²) in [5.41, 5.74) is 4.96. The standard InChI is InChI=1S/C26H28N10O3/c1-2-21-22(34-26(37)39-15-20-14-38-8-7-29-20)13-36-24(21)25(30-16-32-36)33-18-3-4-23-17(9-18)10-31-35(23)12-19-11-27-5-6-28-19/h3-6,9-11,13,16,20,29H,2,7-8,12,14-15H2,1H3,(H,34,37)(H,30,32,33)/t20-/m0/s1. The van der Waals surface area contributed by atoms with E-state index in [0.717, 1.165) is 39.9 Å². The van der Waals surface area contributed by atoms with Gasteiger partial charge in [0.1, 0.15) is 18.5 Å². The summed E-state index contributed by atoms with van der Waals surface area (Å²) in [6, 6.07) is 5.99. The Hall–Kier alpha value is -4.62. The van der Waals surface area contributed by atoms with Gasteiger partial charge in [-0.2, -0.15) is 10.2 Å². The lowest BCUT2D eigenvalue weighted by atomic mass is 10.2. The first-order valence-electron chi connectivity index (χ1n) is 12.8. The van der Waals surface area contributed by atoms with Gasteiger partial charge in [-0.3, -0.25) is 20.0 Å². The van der Waals surface area contributed by atoms with Crippen LogP contribution < -0.4 is 16.0 Å². The number of carbonyl (C=O) groups is 1. The number of nitrogens with one attached hydrogen (secondary N) is 3. The Morgan fingerprint density at radius 2 is 2.18 bits per heavy atom. The van der Waals surface area contributed by atoms with Crippen LogP contribution in [0.3, 0.4) is 0 Å².